The van der Waals surface area contributed by atoms with E-state index in [0.717, 1.165) is 11.1 Å². The summed E-state index contributed by atoms with van der Waals surface area (Å²) in [5, 5.41) is 11.5. The SMILES string of the molecule is COC(=O)CCCC1CC2CC(C=Cc3ccccc3)(Oc3cc4c(c(O)c32)C(=O)CC(c2ccccc2)O4)O1. The molecule has 0 aromatic heterocycles. The Bertz CT molecular complexity index is 1430. The van der Waals surface area contributed by atoms with Crippen LogP contribution in [0, 0.1) is 0 Å². The van der Waals surface area contributed by atoms with Crippen molar-refractivity contribution >= 4 is 17.8 Å². The Morgan fingerprint density at radius 2 is 1.85 bits per heavy atom. The van der Waals surface area contributed by atoms with Crippen LogP contribution in [0.2, 0.25) is 0 Å². The normalized spacial score (nSPS) is 24.9. The van der Waals surface area contributed by atoms with Gasteiger partial charge in [-0.1, -0.05) is 66.7 Å². The average Bonchev–Trinajstić information content (AvgIpc) is 2.96. The highest BCUT2D eigenvalue weighted by Crippen LogP contribution is 2.56. The summed E-state index contributed by atoms with van der Waals surface area (Å²) in [5.41, 5.74) is 2.75. The van der Waals surface area contributed by atoms with Gasteiger partial charge in [-0.15, -0.1) is 0 Å². The number of esters is 1. The summed E-state index contributed by atoms with van der Waals surface area (Å²) < 4.78 is 24.2. The molecule has 0 saturated carbocycles. The van der Waals surface area contributed by atoms with E-state index in [-0.39, 0.29) is 41.5 Å². The van der Waals surface area contributed by atoms with Gasteiger partial charge in [0.25, 0.3) is 0 Å². The largest absolute Gasteiger partial charge is 0.507 e. The molecular weight excluding hydrogens is 508 g/mol. The first-order valence-electron chi connectivity index (χ1n) is 13.8. The molecule has 1 N–H and O–H groups in total. The van der Waals surface area contributed by atoms with Gasteiger partial charge in [0.15, 0.2) is 5.78 Å². The van der Waals surface area contributed by atoms with E-state index in [1.165, 1.54) is 7.11 Å². The second kappa shape index (κ2) is 10.8. The highest BCUT2D eigenvalue weighted by atomic mass is 16.7. The lowest BCUT2D eigenvalue weighted by molar-refractivity contribution is -0.220. The Morgan fingerprint density at radius 1 is 1.10 bits per heavy atom. The lowest BCUT2D eigenvalue weighted by Gasteiger charge is -2.47. The van der Waals surface area contributed by atoms with Crippen molar-refractivity contribution in [3.8, 4) is 17.2 Å². The third kappa shape index (κ3) is 5.09. The highest BCUT2D eigenvalue weighted by molar-refractivity contribution is 6.03. The van der Waals surface area contributed by atoms with E-state index in [2.05, 4.69) is 0 Å². The maximum atomic E-state index is 13.3. The van der Waals surface area contributed by atoms with Gasteiger partial charge in [0.05, 0.1) is 19.6 Å². The number of carbonyl (C=O) groups is 2. The van der Waals surface area contributed by atoms with Gasteiger partial charge in [-0.25, -0.2) is 0 Å². The zero-order valence-electron chi connectivity index (χ0n) is 22.4. The topological polar surface area (TPSA) is 91.3 Å². The molecule has 3 aromatic carbocycles. The molecule has 3 heterocycles. The van der Waals surface area contributed by atoms with Crippen molar-refractivity contribution in [1.29, 1.82) is 0 Å². The molecule has 4 atom stereocenters. The van der Waals surface area contributed by atoms with Crippen molar-refractivity contribution in [1.82, 2.24) is 0 Å². The number of carbonyl (C=O) groups excluding carboxylic acids is 2. The summed E-state index contributed by atoms with van der Waals surface area (Å²) in [5.74, 6) is -0.876. The van der Waals surface area contributed by atoms with Crippen LogP contribution in [-0.4, -0.2) is 35.9 Å². The van der Waals surface area contributed by atoms with Crippen molar-refractivity contribution in [3.05, 3.63) is 95.1 Å². The first-order chi connectivity index (χ1) is 19.4. The number of hydrogen-bond donors (Lipinski definition) is 1. The van der Waals surface area contributed by atoms with Gasteiger partial charge in [-0.2, -0.15) is 0 Å². The van der Waals surface area contributed by atoms with Crippen molar-refractivity contribution in [2.24, 2.45) is 0 Å². The monoisotopic (exact) mass is 540 g/mol. The van der Waals surface area contributed by atoms with Gasteiger partial charge in [-0.3, -0.25) is 9.59 Å². The average molecular weight is 541 g/mol. The molecule has 3 aliphatic rings. The van der Waals surface area contributed by atoms with Crippen molar-refractivity contribution in [2.45, 2.75) is 62.4 Å². The second-order valence-corrected chi connectivity index (χ2v) is 10.7. The molecule has 2 bridgehead atoms. The van der Waals surface area contributed by atoms with Gasteiger partial charge in [0, 0.05) is 30.4 Å². The summed E-state index contributed by atoms with van der Waals surface area (Å²) in [6.07, 6.45) is 6.08. The summed E-state index contributed by atoms with van der Waals surface area (Å²) in [4.78, 5) is 25.0. The summed E-state index contributed by atoms with van der Waals surface area (Å²) in [6, 6.07) is 21.2. The lowest BCUT2D eigenvalue weighted by atomic mass is 9.78. The van der Waals surface area contributed by atoms with Crippen LogP contribution >= 0.6 is 0 Å². The number of fused-ring (bicyclic) bond motifs is 5. The smallest absolute Gasteiger partial charge is 0.305 e. The number of methoxy groups -OCH3 is 1. The first-order valence-corrected chi connectivity index (χ1v) is 13.8. The van der Waals surface area contributed by atoms with Crippen LogP contribution in [0.15, 0.2) is 72.8 Å². The van der Waals surface area contributed by atoms with Gasteiger partial charge < -0.3 is 24.1 Å². The number of aromatic hydroxyl groups is 1. The number of phenols is 1. The number of phenolic OH excluding ortho intramolecular Hbond substituents is 1. The first kappa shape index (κ1) is 26.1. The summed E-state index contributed by atoms with van der Waals surface area (Å²) >= 11 is 0. The Hall–Kier alpha value is -4.10. The third-order valence-electron chi connectivity index (χ3n) is 7.96. The minimum Gasteiger partial charge on any atom is -0.507 e. The molecule has 3 aliphatic heterocycles. The van der Waals surface area contributed by atoms with E-state index in [1.807, 2.05) is 72.8 Å². The van der Waals surface area contributed by atoms with Gasteiger partial charge >= 0.3 is 5.97 Å². The number of hydrogen-bond acceptors (Lipinski definition) is 7. The number of benzene rings is 3. The van der Waals surface area contributed by atoms with E-state index in [0.29, 0.717) is 49.2 Å². The number of ketones is 1. The minimum absolute atomic E-state index is 0.0649. The predicted molar refractivity (Wildman–Crippen MR) is 148 cm³/mol. The summed E-state index contributed by atoms with van der Waals surface area (Å²) in [6.45, 7) is 0. The lowest BCUT2D eigenvalue weighted by Crippen LogP contribution is -2.49. The quantitative estimate of drug-likeness (QED) is 0.342. The maximum absolute atomic E-state index is 13.3. The molecule has 206 valence electrons. The zero-order chi connectivity index (χ0) is 27.7. The molecule has 1 saturated heterocycles. The van der Waals surface area contributed by atoms with E-state index >= 15 is 0 Å². The molecule has 0 amide bonds. The van der Waals surface area contributed by atoms with Crippen LogP contribution in [0.5, 0.6) is 17.2 Å². The highest BCUT2D eigenvalue weighted by Gasteiger charge is 2.49. The fourth-order valence-electron chi connectivity index (χ4n) is 6.07. The van der Waals surface area contributed by atoms with E-state index in [1.54, 1.807) is 6.07 Å². The molecule has 6 rings (SSSR count). The van der Waals surface area contributed by atoms with E-state index in [4.69, 9.17) is 18.9 Å². The molecule has 40 heavy (non-hydrogen) atoms. The van der Waals surface area contributed by atoms with E-state index < -0.39 is 11.9 Å². The van der Waals surface area contributed by atoms with Crippen LogP contribution in [-0.2, 0) is 14.3 Å². The Labute approximate surface area is 233 Å². The molecule has 0 spiro atoms. The molecule has 0 radical (unpaired) electrons. The second-order valence-electron chi connectivity index (χ2n) is 10.7. The predicted octanol–water partition coefficient (Wildman–Crippen LogP) is 6.51. The molecule has 1 fully saturated rings. The summed E-state index contributed by atoms with van der Waals surface area (Å²) in [7, 11) is 1.38. The van der Waals surface area contributed by atoms with Crippen LogP contribution in [0.1, 0.15) is 77.6 Å². The van der Waals surface area contributed by atoms with Crippen LogP contribution in [0.3, 0.4) is 0 Å². The fourth-order valence-corrected chi connectivity index (χ4v) is 6.07. The van der Waals surface area contributed by atoms with Crippen LogP contribution in [0.4, 0.5) is 0 Å². The Kier molecular flexibility index (Phi) is 7.07. The fraction of sp³-hybridized carbons (Fsp3) is 0.333. The van der Waals surface area contributed by atoms with E-state index in [9.17, 15) is 14.7 Å². The van der Waals surface area contributed by atoms with Gasteiger partial charge in [0.2, 0.25) is 5.79 Å². The van der Waals surface area contributed by atoms with Crippen LogP contribution in [0.25, 0.3) is 6.08 Å². The number of Topliss-reactive ketones (excluding diaryl/α,β-unsaturated/α-hetero) is 1. The van der Waals surface area contributed by atoms with Gasteiger partial charge in [-0.05, 0) is 36.5 Å². The number of rotatable bonds is 7. The number of ether oxygens (including phenoxy) is 4. The van der Waals surface area contributed by atoms with Crippen molar-refractivity contribution in [2.75, 3.05) is 7.11 Å². The molecule has 4 unspecified atom stereocenters. The van der Waals surface area contributed by atoms with Gasteiger partial charge in [0.1, 0.15) is 28.9 Å². The Morgan fingerprint density at radius 3 is 2.60 bits per heavy atom. The standard InChI is InChI=1S/C33H32O7/c1-37-29(35)14-8-13-24-17-23-20-33(39-24,16-15-21-9-4-2-5-10-21)40-28-19-27-31(32(36)30(23)28)25(34)18-26(38-27)22-11-6-3-7-12-22/h2-7,9-12,15-16,19,23-24,26,36H,8,13-14,17-18,20H2,1H3. The maximum Gasteiger partial charge on any atom is 0.305 e. The van der Waals surface area contributed by atoms with Crippen molar-refractivity contribution < 1.29 is 33.6 Å². The molecule has 3 aromatic rings. The molecule has 0 aliphatic carbocycles. The van der Waals surface area contributed by atoms with Crippen molar-refractivity contribution in [3.63, 3.8) is 0 Å². The molecular formula is C33H32O7. The third-order valence-corrected chi connectivity index (χ3v) is 7.96. The van der Waals surface area contributed by atoms with Crippen LogP contribution < -0.4 is 9.47 Å². The zero-order valence-corrected chi connectivity index (χ0v) is 22.4. The molecule has 7 heteroatoms. The Balaban J connectivity index is 1.35. The minimum atomic E-state index is -1.07. The molecule has 7 nitrogen and oxygen atoms in total.